The minimum atomic E-state index is -3.66. The number of aromatic nitrogens is 1. The number of carbonyl (C=O) groups excluding carboxylic acids is 2. The average Bonchev–Trinajstić information content (AvgIpc) is 3.54. The molecule has 5 rings (SSSR count). The number of halogens is 1. The van der Waals surface area contributed by atoms with Gasteiger partial charge in [0.1, 0.15) is 11.6 Å². The van der Waals surface area contributed by atoms with Crippen LogP contribution in [0, 0.1) is 5.82 Å². The van der Waals surface area contributed by atoms with E-state index in [0.29, 0.717) is 18.7 Å². The molecule has 3 heterocycles. The predicted molar refractivity (Wildman–Crippen MR) is 133 cm³/mol. The number of amides is 1. The molecule has 0 saturated carbocycles. The second-order valence-electron chi connectivity index (χ2n) is 8.97. The van der Waals surface area contributed by atoms with Crippen molar-refractivity contribution in [1.29, 1.82) is 0 Å². The number of aliphatic hydroxyl groups is 1. The Balaban J connectivity index is 1.56. The molecule has 190 valence electrons. The topological polar surface area (TPSA) is 108 Å². The summed E-state index contributed by atoms with van der Waals surface area (Å²) in [5.74, 6) is -2.60. The maximum absolute atomic E-state index is 13.7. The smallest absolute Gasteiger partial charge is 0.295 e. The fourth-order valence-corrected chi connectivity index (χ4v) is 6.25. The normalized spacial score (nSPS) is 20.0. The number of likely N-dealkylation sites (tertiary alicyclic amines) is 1. The van der Waals surface area contributed by atoms with Crippen LogP contribution in [0.5, 0.6) is 0 Å². The summed E-state index contributed by atoms with van der Waals surface area (Å²) >= 11 is 0. The molecular formula is C27H24FN3O5S. The molecule has 0 aliphatic carbocycles. The molecule has 1 amide bonds. The lowest BCUT2D eigenvalue weighted by molar-refractivity contribution is -0.140. The monoisotopic (exact) mass is 521 g/mol. The van der Waals surface area contributed by atoms with Crippen molar-refractivity contribution in [2.45, 2.75) is 30.3 Å². The van der Waals surface area contributed by atoms with E-state index in [2.05, 4.69) is 4.98 Å². The van der Waals surface area contributed by atoms with Crippen molar-refractivity contribution in [2.24, 2.45) is 0 Å². The first kappa shape index (κ1) is 24.8. The summed E-state index contributed by atoms with van der Waals surface area (Å²) in [6.45, 7) is 0.990. The van der Waals surface area contributed by atoms with E-state index in [1.165, 1.54) is 57.7 Å². The summed E-state index contributed by atoms with van der Waals surface area (Å²) in [5.41, 5.74) is 1.21. The number of carbonyl (C=O) groups is 2. The summed E-state index contributed by atoms with van der Waals surface area (Å²) in [6.07, 6.45) is 4.75. The first-order valence-electron chi connectivity index (χ1n) is 11.8. The zero-order chi connectivity index (χ0) is 26.2. The first-order chi connectivity index (χ1) is 17.8. The molecular weight excluding hydrogens is 497 g/mol. The van der Waals surface area contributed by atoms with E-state index in [1.807, 2.05) is 0 Å². The molecule has 2 aliphatic rings. The van der Waals surface area contributed by atoms with Crippen molar-refractivity contribution in [1.82, 2.24) is 14.2 Å². The second kappa shape index (κ2) is 9.87. The van der Waals surface area contributed by atoms with Gasteiger partial charge in [0, 0.05) is 37.6 Å². The molecule has 0 radical (unpaired) electrons. The van der Waals surface area contributed by atoms with Crippen molar-refractivity contribution in [3.05, 3.63) is 101 Å². The van der Waals surface area contributed by atoms with E-state index < -0.39 is 39.3 Å². The Hall–Kier alpha value is -3.89. The Morgan fingerprint density at radius 3 is 2.19 bits per heavy atom. The van der Waals surface area contributed by atoms with E-state index in [1.54, 1.807) is 24.5 Å². The number of Topliss-reactive ketones (excluding diaryl/α,β-unsaturated/α-hetero) is 1. The van der Waals surface area contributed by atoms with Gasteiger partial charge in [-0.05, 0) is 72.5 Å². The molecule has 0 bridgehead atoms. The Morgan fingerprint density at radius 2 is 1.57 bits per heavy atom. The Bertz CT molecular complexity index is 1470. The Morgan fingerprint density at radius 1 is 0.946 bits per heavy atom. The zero-order valence-electron chi connectivity index (χ0n) is 19.7. The Labute approximate surface area is 213 Å². The van der Waals surface area contributed by atoms with Gasteiger partial charge in [-0.3, -0.25) is 14.6 Å². The third kappa shape index (κ3) is 4.65. The third-order valence-corrected chi connectivity index (χ3v) is 8.57. The van der Waals surface area contributed by atoms with Crippen molar-refractivity contribution >= 4 is 27.5 Å². The standard InChI is InChI=1S/C27H24FN3O5S/c28-21-7-3-19(4-8-21)24-23(26(33)27(34)31(24)17-18-11-13-29-14-12-18)25(32)20-5-9-22(10-6-20)37(35,36)30-15-1-2-16-30/h3-14,24,32H,1-2,15-17H2/b25-23+. The Kier molecular flexibility index (Phi) is 6.61. The highest BCUT2D eigenvalue weighted by molar-refractivity contribution is 7.89. The molecule has 37 heavy (non-hydrogen) atoms. The van der Waals surface area contributed by atoms with Crippen LogP contribution in [0.1, 0.15) is 35.6 Å². The van der Waals surface area contributed by atoms with Crippen LogP contribution in [0.4, 0.5) is 4.39 Å². The lowest BCUT2D eigenvalue weighted by atomic mass is 9.95. The lowest BCUT2D eigenvalue weighted by Crippen LogP contribution is -2.29. The van der Waals surface area contributed by atoms with Crippen molar-refractivity contribution in [3.8, 4) is 0 Å². The molecule has 0 spiro atoms. The van der Waals surface area contributed by atoms with Crippen LogP contribution in [0.15, 0.2) is 83.5 Å². The lowest BCUT2D eigenvalue weighted by Gasteiger charge is -2.25. The molecule has 1 aromatic heterocycles. The highest BCUT2D eigenvalue weighted by Crippen LogP contribution is 2.40. The van der Waals surface area contributed by atoms with Crippen LogP contribution in [0.3, 0.4) is 0 Å². The maximum Gasteiger partial charge on any atom is 0.295 e. The summed E-state index contributed by atoms with van der Waals surface area (Å²) in [6, 6.07) is 13.4. The number of hydrogen-bond acceptors (Lipinski definition) is 6. The van der Waals surface area contributed by atoms with Gasteiger partial charge < -0.3 is 10.0 Å². The molecule has 2 fully saturated rings. The highest BCUT2D eigenvalue weighted by Gasteiger charge is 2.46. The van der Waals surface area contributed by atoms with Gasteiger partial charge in [0.15, 0.2) is 0 Å². The van der Waals surface area contributed by atoms with E-state index in [-0.39, 0.29) is 22.6 Å². The molecule has 8 nitrogen and oxygen atoms in total. The fraction of sp³-hybridized carbons (Fsp3) is 0.222. The largest absolute Gasteiger partial charge is 0.507 e. The van der Waals surface area contributed by atoms with Crippen molar-refractivity contribution < 1.29 is 27.5 Å². The average molecular weight is 522 g/mol. The van der Waals surface area contributed by atoms with Gasteiger partial charge in [0.05, 0.1) is 16.5 Å². The molecule has 1 N–H and O–H groups in total. The van der Waals surface area contributed by atoms with Gasteiger partial charge in [-0.15, -0.1) is 0 Å². The van der Waals surface area contributed by atoms with Gasteiger partial charge in [0.25, 0.3) is 11.7 Å². The molecule has 10 heteroatoms. The number of sulfonamides is 1. The maximum atomic E-state index is 13.7. The van der Waals surface area contributed by atoms with Gasteiger partial charge >= 0.3 is 0 Å². The molecule has 1 atom stereocenters. The number of rotatable bonds is 6. The molecule has 2 aromatic carbocycles. The number of pyridine rings is 1. The highest BCUT2D eigenvalue weighted by atomic mass is 32.2. The van der Waals surface area contributed by atoms with Crippen molar-refractivity contribution in [3.63, 3.8) is 0 Å². The van der Waals surface area contributed by atoms with E-state index >= 15 is 0 Å². The fourth-order valence-electron chi connectivity index (χ4n) is 4.74. The van der Waals surface area contributed by atoms with Crippen LogP contribution >= 0.6 is 0 Å². The first-order valence-corrected chi connectivity index (χ1v) is 13.2. The van der Waals surface area contributed by atoms with Gasteiger partial charge in [0.2, 0.25) is 10.0 Å². The predicted octanol–water partition coefficient (Wildman–Crippen LogP) is 3.63. The SMILES string of the molecule is O=C1C(=O)N(Cc2ccncc2)C(c2ccc(F)cc2)/C1=C(\O)c1ccc(S(=O)(=O)N2CCCC2)cc1. The second-order valence-corrected chi connectivity index (χ2v) is 10.9. The van der Waals surface area contributed by atoms with Gasteiger partial charge in [-0.1, -0.05) is 12.1 Å². The number of nitrogens with zero attached hydrogens (tertiary/aromatic N) is 3. The quantitative estimate of drug-likeness (QED) is 0.302. The molecule has 3 aromatic rings. The van der Waals surface area contributed by atoms with Crippen LogP contribution in [0.25, 0.3) is 5.76 Å². The minimum absolute atomic E-state index is 0.0684. The summed E-state index contributed by atoms with van der Waals surface area (Å²) in [4.78, 5) is 31.6. The summed E-state index contributed by atoms with van der Waals surface area (Å²) in [5, 5.41) is 11.2. The number of aliphatic hydroxyl groups excluding tert-OH is 1. The number of benzene rings is 2. The third-order valence-electron chi connectivity index (χ3n) is 6.66. The van der Waals surface area contributed by atoms with Crippen molar-refractivity contribution in [2.75, 3.05) is 13.1 Å². The molecule has 2 aliphatic heterocycles. The zero-order valence-corrected chi connectivity index (χ0v) is 20.6. The van der Waals surface area contributed by atoms with Crippen LogP contribution < -0.4 is 0 Å². The molecule has 2 saturated heterocycles. The molecule has 1 unspecified atom stereocenters. The number of ketones is 1. The van der Waals surface area contributed by atoms with E-state index in [4.69, 9.17) is 0 Å². The minimum Gasteiger partial charge on any atom is -0.507 e. The van der Waals surface area contributed by atoms with Gasteiger partial charge in [-0.2, -0.15) is 4.31 Å². The van der Waals surface area contributed by atoms with Crippen LogP contribution in [-0.4, -0.2) is 52.5 Å². The van der Waals surface area contributed by atoms with Crippen LogP contribution in [-0.2, 0) is 26.2 Å². The van der Waals surface area contributed by atoms with E-state index in [0.717, 1.165) is 18.4 Å². The van der Waals surface area contributed by atoms with Gasteiger partial charge in [-0.25, -0.2) is 12.8 Å². The number of hydrogen-bond donors (Lipinski definition) is 1. The summed E-state index contributed by atoms with van der Waals surface area (Å²) < 4.78 is 40.8. The summed E-state index contributed by atoms with van der Waals surface area (Å²) in [7, 11) is -3.66. The van der Waals surface area contributed by atoms with Crippen LogP contribution in [0.2, 0.25) is 0 Å². The van der Waals surface area contributed by atoms with E-state index in [9.17, 15) is 27.5 Å².